The molecule has 37 heavy (non-hydrogen) atoms. The van der Waals surface area contributed by atoms with Crippen molar-refractivity contribution in [3.8, 4) is 11.5 Å². The van der Waals surface area contributed by atoms with Crippen molar-refractivity contribution in [2.45, 2.75) is 70.6 Å². The van der Waals surface area contributed by atoms with Crippen LogP contribution in [0.15, 0.2) is 47.5 Å². The van der Waals surface area contributed by atoms with Gasteiger partial charge in [-0.2, -0.15) is 4.99 Å². The van der Waals surface area contributed by atoms with Gasteiger partial charge in [-0.1, -0.05) is 62.4 Å². The van der Waals surface area contributed by atoms with E-state index in [0.717, 1.165) is 17.9 Å². The van der Waals surface area contributed by atoms with Crippen LogP contribution >= 0.6 is 0 Å². The smallest absolute Gasteiger partial charge is 0.253 e. The fourth-order valence-electron chi connectivity index (χ4n) is 4.69. The van der Waals surface area contributed by atoms with Crippen molar-refractivity contribution in [3.63, 3.8) is 0 Å². The lowest BCUT2D eigenvalue weighted by atomic mass is 9.86. The first-order chi connectivity index (χ1) is 17.8. The lowest BCUT2D eigenvalue weighted by molar-refractivity contribution is -0.118. The van der Waals surface area contributed by atoms with Gasteiger partial charge in [0.1, 0.15) is 0 Å². The summed E-state index contributed by atoms with van der Waals surface area (Å²) in [7, 11) is 3.07. The Morgan fingerprint density at radius 3 is 2.03 bits per heavy atom. The number of rotatable bonds is 7. The van der Waals surface area contributed by atoms with Gasteiger partial charge in [0, 0.05) is 6.42 Å². The molecule has 0 bridgehead atoms. The van der Waals surface area contributed by atoms with Crippen molar-refractivity contribution in [2.24, 2.45) is 28.1 Å². The SMILES string of the molecule is COc1ccc(CC(=O)N=C(N)N)cc1OC.NC(=O)CCC1CCCCC1.c1ccc2c(c1)CCC2. The molecule has 2 aromatic carbocycles. The highest BCUT2D eigenvalue weighted by Crippen LogP contribution is 2.28. The second-order valence-electron chi connectivity index (χ2n) is 9.43. The molecule has 0 saturated heterocycles. The van der Waals surface area contributed by atoms with Gasteiger partial charge in [-0.3, -0.25) is 9.59 Å². The number of fused-ring (bicyclic) bond motifs is 1. The highest BCUT2D eigenvalue weighted by molar-refractivity contribution is 5.92. The van der Waals surface area contributed by atoms with E-state index < -0.39 is 5.91 Å². The van der Waals surface area contributed by atoms with Gasteiger partial charge in [0.15, 0.2) is 17.5 Å². The van der Waals surface area contributed by atoms with Crippen molar-refractivity contribution < 1.29 is 19.1 Å². The number of carbonyl (C=O) groups excluding carboxylic acids is 2. The Kier molecular flexibility index (Phi) is 13.0. The number of nitrogens with two attached hydrogens (primary N) is 3. The zero-order valence-electron chi connectivity index (χ0n) is 22.2. The Morgan fingerprint density at radius 2 is 1.49 bits per heavy atom. The van der Waals surface area contributed by atoms with Crippen molar-refractivity contribution in [1.29, 1.82) is 0 Å². The summed E-state index contributed by atoms with van der Waals surface area (Å²) in [5.74, 6) is 1.16. The highest BCUT2D eigenvalue weighted by atomic mass is 16.5. The largest absolute Gasteiger partial charge is 0.493 e. The zero-order chi connectivity index (χ0) is 27.0. The molecule has 0 heterocycles. The molecule has 202 valence electrons. The van der Waals surface area contributed by atoms with E-state index in [1.54, 1.807) is 36.4 Å². The van der Waals surface area contributed by atoms with Crippen LogP contribution in [0.5, 0.6) is 11.5 Å². The number of ether oxygens (including phenoxy) is 2. The fourth-order valence-corrected chi connectivity index (χ4v) is 4.69. The average molecular weight is 511 g/mol. The lowest BCUT2D eigenvalue weighted by Gasteiger charge is -2.20. The van der Waals surface area contributed by atoms with Crippen molar-refractivity contribution in [2.75, 3.05) is 14.2 Å². The highest BCUT2D eigenvalue weighted by Gasteiger charge is 2.13. The molecule has 0 aromatic heterocycles. The van der Waals surface area contributed by atoms with E-state index in [4.69, 9.17) is 26.7 Å². The molecule has 8 nitrogen and oxygen atoms in total. The summed E-state index contributed by atoms with van der Waals surface area (Å²) >= 11 is 0. The number of aliphatic imine (C=N–C) groups is 1. The summed E-state index contributed by atoms with van der Waals surface area (Å²) in [6.45, 7) is 0. The van der Waals surface area contributed by atoms with Gasteiger partial charge in [0.2, 0.25) is 5.91 Å². The van der Waals surface area contributed by atoms with Crippen LogP contribution in [0.3, 0.4) is 0 Å². The maximum absolute atomic E-state index is 11.4. The number of methoxy groups -OCH3 is 2. The summed E-state index contributed by atoms with van der Waals surface area (Å²) in [5, 5.41) is 0. The first-order valence-electron chi connectivity index (χ1n) is 13.0. The van der Waals surface area contributed by atoms with Gasteiger partial charge in [-0.25, -0.2) is 0 Å². The molecule has 2 amide bonds. The third-order valence-corrected chi connectivity index (χ3v) is 6.59. The minimum absolute atomic E-state index is 0.109. The van der Waals surface area contributed by atoms with Crippen molar-refractivity contribution >= 4 is 17.8 Å². The maximum Gasteiger partial charge on any atom is 0.253 e. The Labute approximate surface area is 220 Å². The van der Waals surface area contributed by atoms with Crippen LogP contribution in [-0.2, 0) is 28.9 Å². The number of benzene rings is 2. The van der Waals surface area contributed by atoms with Gasteiger partial charge in [0.05, 0.1) is 20.6 Å². The fraction of sp³-hybridized carbons (Fsp3) is 0.483. The molecule has 0 radical (unpaired) electrons. The summed E-state index contributed by atoms with van der Waals surface area (Å²) in [5.41, 5.74) is 19.2. The van der Waals surface area contributed by atoms with Gasteiger partial charge in [0.25, 0.3) is 5.91 Å². The molecule has 0 spiro atoms. The third-order valence-electron chi connectivity index (χ3n) is 6.59. The minimum atomic E-state index is -0.405. The molecule has 2 aliphatic carbocycles. The molecule has 2 aromatic rings. The second-order valence-corrected chi connectivity index (χ2v) is 9.43. The molecule has 0 aliphatic heterocycles. The van der Waals surface area contributed by atoms with Gasteiger partial charge in [-0.15, -0.1) is 0 Å². The molecule has 2 aliphatic rings. The van der Waals surface area contributed by atoms with Crippen LogP contribution in [0.2, 0.25) is 0 Å². The summed E-state index contributed by atoms with van der Waals surface area (Å²) < 4.78 is 10.2. The van der Waals surface area contributed by atoms with E-state index >= 15 is 0 Å². The topological polar surface area (TPSA) is 143 Å². The molecule has 0 unspecified atom stereocenters. The number of primary amides is 1. The van der Waals surface area contributed by atoms with Gasteiger partial charge in [-0.05, 0) is 60.4 Å². The lowest BCUT2D eigenvalue weighted by Crippen LogP contribution is -2.24. The van der Waals surface area contributed by atoms with Crippen LogP contribution in [0, 0.1) is 5.92 Å². The van der Waals surface area contributed by atoms with Gasteiger partial charge < -0.3 is 26.7 Å². The molecule has 1 saturated carbocycles. The number of hydrogen-bond acceptors (Lipinski definition) is 4. The Bertz CT molecular complexity index is 1010. The number of aryl methyl sites for hydroxylation is 2. The molecular weight excluding hydrogens is 468 g/mol. The standard InChI is InChI=1S/C11H15N3O3.C9H17NO.C9H10/c1-16-8-4-3-7(5-9(8)17-2)6-10(15)14-11(12)13;10-9(11)7-6-8-4-2-1-3-5-8;1-2-5-9-7-3-6-8(9)4-1/h3-5H,6H2,1-2H3,(H4,12,13,14,15);8H,1-7H2,(H2,10,11);1-2,4-5H,3,6-7H2. The van der Waals surface area contributed by atoms with E-state index in [1.165, 1.54) is 58.5 Å². The average Bonchev–Trinajstić information content (AvgIpc) is 3.37. The van der Waals surface area contributed by atoms with E-state index in [-0.39, 0.29) is 18.3 Å². The van der Waals surface area contributed by atoms with E-state index in [2.05, 4.69) is 29.3 Å². The van der Waals surface area contributed by atoms with Crippen molar-refractivity contribution in [3.05, 3.63) is 59.2 Å². The maximum atomic E-state index is 11.4. The predicted octanol–water partition coefficient (Wildman–Crippen LogP) is 4.05. The van der Waals surface area contributed by atoms with Crippen LogP contribution in [0.4, 0.5) is 0 Å². The van der Waals surface area contributed by atoms with Gasteiger partial charge >= 0.3 is 0 Å². The number of amides is 2. The number of carbonyl (C=O) groups is 2. The molecule has 1 fully saturated rings. The zero-order valence-corrected chi connectivity index (χ0v) is 22.2. The Morgan fingerprint density at radius 1 is 0.865 bits per heavy atom. The molecular formula is C29H42N4O4. The van der Waals surface area contributed by atoms with Crippen LogP contribution < -0.4 is 26.7 Å². The first kappa shape index (κ1) is 29.7. The van der Waals surface area contributed by atoms with Crippen LogP contribution in [-0.4, -0.2) is 32.0 Å². The third kappa shape index (κ3) is 11.4. The minimum Gasteiger partial charge on any atom is -0.493 e. The summed E-state index contributed by atoms with van der Waals surface area (Å²) in [6, 6.07) is 13.9. The number of nitrogens with zero attached hydrogens (tertiary/aromatic N) is 1. The van der Waals surface area contributed by atoms with Crippen LogP contribution in [0.1, 0.15) is 68.1 Å². The quantitative estimate of drug-likeness (QED) is 0.379. The number of hydrogen-bond donors (Lipinski definition) is 3. The van der Waals surface area contributed by atoms with E-state index in [0.29, 0.717) is 17.9 Å². The monoisotopic (exact) mass is 510 g/mol. The number of guanidine groups is 1. The molecule has 6 N–H and O–H groups in total. The molecule has 4 rings (SSSR count). The predicted molar refractivity (Wildman–Crippen MR) is 148 cm³/mol. The van der Waals surface area contributed by atoms with Crippen LogP contribution in [0.25, 0.3) is 0 Å². The van der Waals surface area contributed by atoms with E-state index in [9.17, 15) is 9.59 Å². The summed E-state index contributed by atoms with van der Waals surface area (Å²) in [4.78, 5) is 25.3. The van der Waals surface area contributed by atoms with E-state index in [1.807, 2.05) is 0 Å². The summed E-state index contributed by atoms with van der Waals surface area (Å²) in [6.07, 6.45) is 12.4. The molecule has 8 heteroatoms. The first-order valence-corrected chi connectivity index (χ1v) is 13.0. The Hall–Kier alpha value is -3.55. The Balaban J connectivity index is 0.000000206. The normalized spacial score (nSPS) is 14.1. The molecule has 0 atom stereocenters. The van der Waals surface area contributed by atoms with Crippen molar-refractivity contribution in [1.82, 2.24) is 0 Å². The second kappa shape index (κ2) is 16.2.